The molecule has 0 atom stereocenters. The molecule has 0 aliphatic carbocycles. The second kappa shape index (κ2) is 6.97. The summed E-state index contributed by atoms with van der Waals surface area (Å²) in [6, 6.07) is 28.9. The lowest BCUT2D eigenvalue weighted by Gasteiger charge is -2.26. The minimum Gasteiger partial charge on any atom is -0.311 e. The van der Waals surface area contributed by atoms with Gasteiger partial charge < -0.3 is 4.90 Å². The van der Waals surface area contributed by atoms with E-state index in [0.29, 0.717) is 0 Å². The summed E-state index contributed by atoms with van der Waals surface area (Å²) in [5.41, 5.74) is 3.33. The van der Waals surface area contributed by atoms with Gasteiger partial charge in [-0.2, -0.15) is 0 Å². The van der Waals surface area contributed by atoms with Crippen LogP contribution in [-0.4, -0.2) is 11.2 Å². The van der Waals surface area contributed by atoms with Gasteiger partial charge in [0.05, 0.1) is 5.69 Å². The van der Waals surface area contributed by atoms with Crippen LogP contribution in [0.25, 0.3) is 0 Å². The van der Waals surface area contributed by atoms with E-state index in [9.17, 15) is 0 Å². The maximum atomic E-state index is 6.02. The van der Waals surface area contributed by atoms with Gasteiger partial charge in [0.1, 0.15) is 11.2 Å². The number of hydrogen-bond donors (Lipinski definition) is 0. The third kappa shape index (κ3) is 3.37. The zero-order chi connectivity index (χ0) is 19.8. The van der Waals surface area contributed by atoms with E-state index in [1.807, 2.05) is 52.0 Å². The predicted molar refractivity (Wildman–Crippen MR) is 114 cm³/mol. The molecule has 0 bridgehead atoms. The Morgan fingerprint density at radius 3 is 1.39 bits per heavy atom. The van der Waals surface area contributed by atoms with Crippen LogP contribution in [0, 0.1) is 0 Å². The summed E-state index contributed by atoms with van der Waals surface area (Å²) in [6.45, 7) is 8.14. The third-order valence-electron chi connectivity index (χ3n) is 5.42. The SMILES string of the molecule is CC1(C)ON(c2ccc(N(c3ccccc3)c3ccccc3)cc2)OC1(C)C. The second-order valence-corrected chi connectivity index (χ2v) is 7.98. The fourth-order valence-electron chi connectivity index (χ4n) is 3.08. The lowest BCUT2D eigenvalue weighted by atomic mass is 9.90. The van der Waals surface area contributed by atoms with Crippen molar-refractivity contribution in [1.29, 1.82) is 0 Å². The van der Waals surface area contributed by atoms with Gasteiger partial charge in [-0.15, -0.1) is 5.23 Å². The lowest BCUT2D eigenvalue weighted by molar-refractivity contribution is -0.0272. The van der Waals surface area contributed by atoms with Gasteiger partial charge in [0, 0.05) is 17.1 Å². The normalized spacial score (nSPS) is 17.5. The van der Waals surface area contributed by atoms with Crippen LogP contribution in [0.3, 0.4) is 0 Å². The Labute approximate surface area is 166 Å². The maximum Gasteiger partial charge on any atom is 0.124 e. The summed E-state index contributed by atoms with van der Waals surface area (Å²) in [6.07, 6.45) is 0. The molecule has 0 unspecified atom stereocenters. The molecule has 0 radical (unpaired) electrons. The van der Waals surface area contributed by atoms with E-state index < -0.39 is 11.2 Å². The number of hydrogen-bond acceptors (Lipinski definition) is 4. The Bertz CT molecular complexity index is 866. The Kier molecular flexibility index (Phi) is 4.61. The van der Waals surface area contributed by atoms with Gasteiger partial charge >= 0.3 is 0 Å². The van der Waals surface area contributed by atoms with Crippen LogP contribution in [-0.2, 0) is 9.68 Å². The quantitative estimate of drug-likeness (QED) is 0.528. The van der Waals surface area contributed by atoms with Crippen molar-refractivity contribution >= 4 is 22.7 Å². The van der Waals surface area contributed by atoms with Crippen molar-refractivity contribution in [1.82, 2.24) is 0 Å². The van der Waals surface area contributed by atoms with Crippen LogP contribution in [0.1, 0.15) is 27.7 Å². The molecule has 1 fully saturated rings. The molecule has 144 valence electrons. The summed E-state index contributed by atoms with van der Waals surface area (Å²) in [5.74, 6) is 0. The highest BCUT2D eigenvalue weighted by atomic mass is 17.0. The fraction of sp³-hybridized carbons (Fsp3) is 0.250. The van der Waals surface area contributed by atoms with Crippen molar-refractivity contribution in [2.24, 2.45) is 0 Å². The van der Waals surface area contributed by atoms with E-state index in [-0.39, 0.29) is 0 Å². The van der Waals surface area contributed by atoms with E-state index in [1.165, 1.54) is 5.23 Å². The average Bonchev–Trinajstić information content (AvgIpc) is 2.92. The summed E-state index contributed by atoms with van der Waals surface area (Å²) in [5, 5.41) is 1.53. The van der Waals surface area contributed by atoms with Crippen LogP contribution < -0.4 is 10.1 Å². The molecule has 0 N–H and O–H groups in total. The second-order valence-electron chi connectivity index (χ2n) is 7.98. The van der Waals surface area contributed by atoms with Crippen LogP contribution in [0.4, 0.5) is 22.7 Å². The largest absolute Gasteiger partial charge is 0.311 e. The molecule has 4 rings (SSSR count). The molecule has 0 aromatic heterocycles. The third-order valence-corrected chi connectivity index (χ3v) is 5.42. The first kappa shape index (κ1) is 18.5. The molecule has 1 heterocycles. The smallest absolute Gasteiger partial charge is 0.124 e. The number of rotatable bonds is 4. The number of nitrogens with zero attached hydrogens (tertiary/aromatic N) is 2. The van der Waals surface area contributed by atoms with Gasteiger partial charge in [-0.3, -0.25) is 0 Å². The van der Waals surface area contributed by atoms with Crippen molar-refractivity contribution in [3.8, 4) is 0 Å². The topological polar surface area (TPSA) is 24.9 Å². The monoisotopic (exact) mass is 374 g/mol. The minimum atomic E-state index is -0.411. The van der Waals surface area contributed by atoms with Gasteiger partial charge in [-0.1, -0.05) is 36.4 Å². The standard InChI is InChI=1S/C24H26N2O2/c1-23(2)24(3,4)28-26(27-23)22-17-15-21(16-18-22)25(19-11-7-5-8-12-19)20-13-9-6-10-14-20/h5-18H,1-4H3. The fourth-order valence-corrected chi connectivity index (χ4v) is 3.08. The molecule has 1 aliphatic heterocycles. The predicted octanol–water partition coefficient (Wildman–Crippen LogP) is 6.40. The highest BCUT2D eigenvalue weighted by molar-refractivity contribution is 5.77. The molecule has 0 spiro atoms. The Hall–Kier alpha value is -2.82. The highest BCUT2D eigenvalue weighted by Crippen LogP contribution is 2.41. The van der Waals surface area contributed by atoms with Gasteiger partial charge in [-0.25, -0.2) is 9.68 Å². The molecule has 1 aliphatic rings. The van der Waals surface area contributed by atoms with Crippen molar-refractivity contribution in [3.05, 3.63) is 84.9 Å². The lowest BCUT2D eigenvalue weighted by Crippen LogP contribution is -2.41. The Morgan fingerprint density at radius 1 is 0.571 bits per heavy atom. The van der Waals surface area contributed by atoms with E-state index in [2.05, 4.69) is 65.6 Å². The van der Waals surface area contributed by atoms with Crippen molar-refractivity contribution < 1.29 is 9.68 Å². The van der Waals surface area contributed by atoms with Crippen molar-refractivity contribution in [2.45, 2.75) is 38.9 Å². The van der Waals surface area contributed by atoms with Gasteiger partial charge in [0.2, 0.25) is 0 Å². The zero-order valence-electron chi connectivity index (χ0n) is 16.8. The first-order valence-corrected chi connectivity index (χ1v) is 9.56. The van der Waals surface area contributed by atoms with E-state index in [0.717, 1.165) is 22.7 Å². The molecular formula is C24H26N2O2. The van der Waals surface area contributed by atoms with Gasteiger partial charge in [0.15, 0.2) is 0 Å². The highest BCUT2D eigenvalue weighted by Gasteiger charge is 2.50. The van der Waals surface area contributed by atoms with Crippen LogP contribution >= 0.6 is 0 Å². The first-order chi connectivity index (χ1) is 13.4. The van der Waals surface area contributed by atoms with E-state index in [1.54, 1.807) is 0 Å². The molecule has 3 aromatic rings. The molecule has 4 nitrogen and oxygen atoms in total. The van der Waals surface area contributed by atoms with Crippen molar-refractivity contribution in [2.75, 3.05) is 10.1 Å². The molecular weight excluding hydrogens is 348 g/mol. The molecule has 0 amide bonds. The number of anilines is 4. The molecule has 3 aromatic carbocycles. The average molecular weight is 374 g/mol. The summed E-state index contributed by atoms with van der Waals surface area (Å²) >= 11 is 0. The summed E-state index contributed by atoms with van der Waals surface area (Å²) in [4.78, 5) is 14.3. The zero-order valence-corrected chi connectivity index (χ0v) is 16.8. The number of para-hydroxylation sites is 2. The van der Waals surface area contributed by atoms with E-state index in [4.69, 9.17) is 9.68 Å². The van der Waals surface area contributed by atoms with Gasteiger partial charge in [-0.05, 0) is 76.2 Å². The summed E-state index contributed by atoms with van der Waals surface area (Å²) < 4.78 is 0. The van der Waals surface area contributed by atoms with Gasteiger partial charge in [0.25, 0.3) is 0 Å². The summed E-state index contributed by atoms with van der Waals surface area (Å²) in [7, 11) is 0. The molecule has 4 heteroatoms. The van der Waals surface area contributed by atoms with E-state index >= 15 is 0 Å². The molecule has 28 heavy (non-hydrogen) atoms. The molecule has 1 saturated heterocycles. The van der Waals surface area contributed by atoms with Crippen LogP contribution in [0.15, 0.2) is 84.9 Å². The van der Waals surface area contributed by atoms with Crippen molar-refractivity contribution in [3.63, 3.8) is 0 Å². The molecule has 0 saturated carbocycles. The Morgan fingerprint density at radius 2 is 0.964 bits per heavy atom. The first-order valence-electron chi connectivity index (χ1n) is 9.56. The minimum absolute atomic E-state index is 0.411. The maximum absolute atomic E-state index is 6.02. The number of benzene rings is 3. The van der Waals surface area contributed by atoms with Crippen LogP contribution in [0.2, 0.25) is 0 Å². The Balaban J connectivity index is 1.66. The van der Waals surface area contributed by atoms with Crippen LogP contribution in [0.5, 0.6) is 0 Å².